The van der Waals surface area contributed by atoms with E-state index in [1.807, 2.05) is 13.8 Å². The molecule has 0 spiro atoms. The Morgan fingerprint density at radius 3 is 2.33 bits per heavy atom. The van der Waals surface area contributed by atoms with E-state index in [2.05, 4.69) is 6.08 Å². The molecule has 2 rings (SSSR count). The molecule has 0 aromatic heterocycles. The molecule has 1 atom stereocenters. The average Bonchev–Trinajstić information content (AvgIpc) is 3.00. The number of piperidine rings is 1. The molecule has 1 N–H and O–H groups in total. The van der Waals surface area contributed by atoms with Crippen LogP contribution in [0.4, 0.5) is 0 Å². The summed E-state index contributed by atoms with van der Waals surface area (Å²) in [6.45, 7) is 6.40. The predicted octanol–water partition coefficient (Wildman–Crippen LogP) is 1.76. The highest BCUT2D eigenvalue weighted by atomic mass is 32.2. The van der Waals surface area contributed by atoms with Gasteiger partial charge in [0, 0.05) is 31.6 Å². The maximum absolute atomic E-state index is 12.7. The van der Waals surface area contributed by atoms with Crippen LogP contribution in [-0.2, 0) is 10.2 Å². The van der Waals surface area contributed by atoms with E-state index < -0.39 is 10.2 Å². The van der Waals surface area contributed by atoms with E-state index in [1.165, 1.54) is 5.57 Å². The Hall–Kier alpha value is -0.430. The van der Waals surface area contributed by atoms with Crippen molar-refractivity contribution in [2.75, 3.05) is 32.8 Å². The normalized spacial score (nSPS) is 28.7. The minimum Gasteiger partial charge on any atom is -0.396 e. The van der Waals surface area contributed by atoms with Crippen LogP contribution in [0.25, 0.3) is 0 Å². The highest BCUT2D eigenvalue weighted by Gasteiger charge is 2.41. The van der Waals surface area contributed by atoms with Crippen LogP contribution in [0.2, 0.25) is 0 Å². The number of rotatable bonds is 5. The summed E-state index contributed by atoms with van der Waals surface area (Å²) in [6, 6.07) is 0. The monoisotopic (exact) mass is 316 g/mol. The van der Waals surface area contributed by atoms with Gasteiger partial charge in [0.1, 0.15) is 0 Å². The van der Waals surface area contributed by atoms with Crippen molar-refractivity contribution in [1.29, 1.82) is 0 Å². The smallest absolute Gasteiger partial charge is 0.281 e. The van der Waals surface area contributed by atoms with Crippen LogP contribution in [0, 0.1) is 5.41 Å². The number of hydrogen-bond donors (Lipinski definition) is 1. The summed E-state index contributed by atoms with van der Waals surface area (Å²) in [5, 5.41) is 9.84. The summed E-state index contributed by atoms with van der Waals surface area (Å²) in [6.07, 6.45) is 6.48. The largest absolute Gasteiger partial charge is 0.396 e. The van der Waals surface area contributed by atoms with Crippen molar-refractivity contribution >= 4 is 10.2 Å². The Morgan fingerprint density at radius 2 is 1.76 bits per heavy atom. The lowest BCUT2D eigenvalue weighted by atomic mass is 9.78. The van der Waals surface area contributed by atoms with Crippen LogP contribution in [0.15, 0.2) is 11.6 Å². The molecular weight excluding hydrogens is 288 g/mol. The van der Waals surface area contributed by atoms with Crippen molar-refractivity contribution in [3.05, 3.63) is 11.6 Å². The molecule has 0 amide bonds. The Kier molecular flexibility index (Phi) is 5.46. The van der Waals surface area contributed by atoms with Gasteiger partial charge in [0.15, 0.2) is 0 Å². The Balaban J connectivity index is 2.13. The second kappa shape index (κ2) is 6.77. The van der Waals surface area contributed by atoms with Crippen molar-refractivity contribution in [2.45, 2.75) is 46.0 Å². The van der Waals surface area contributed by atoms with E-state index in [4.69, 9.17) is 0 Å². The average molecular weight is 316 g/mol. The second-order valence-corrected chi connectivity index (χ2v) is 8.62. The van der Waals surface area contributed by atoms with Crippen LogP contribution in [0.5, 0.6) is 0 Å². The van der Waals surface area contributed by atoms with Gasteiger partial charge in [0.25, 0.3) is 10.2 Å². The zero-order chi connectivity index (χ0) is 15.5. The first-order valence-electron chi connectivity index (χ1n) is 7.89. The Labute approximate surface area is 128 Å². The molecule has 0 saturated carbocycles. The summed E-state index contributed by atoms with van der Waals surface area (Å²) in [5.74, 6) is 0. The molecule has 2 aliphatic rings. The molecule has 21 heavy (non-hydrogen) atoms. The minimum absolute atomic E-state index is 0.0444. The lowest BCUT2D eigenvalue weighted by Crippen LogP contribution is -2.51. The van der Waals surface area contributed by atoms with Gasteiger partial charge in [-0.05, 0) is 46.0 Å². The molecule has 0 bridgehead atoms. The summed E-state index contributed by atoms with van der Waals surface area (Å²) in [7, 11) is -3.35. The van der Waals surface area contributed by atoms with Crippen molar-refractivity contribution in [3.63, 3.8) is 0 Å². The molecule has 0 radical (unpaired) electrons. The van der Waals surface area contributed by atoms with E-state index in [9.17, 15) is 13.5 Å². The van der Waals surface area contributed by atoms with Crippen LogP contribution in [0.3, 0.4) is 0 Å². The lowest BCUT2D eigenvalue weighted by Gasteiger charge is -2.41. The van der Waals surface area contributed by atoms with Gasteiger partial charge in [-0.3, -0.25) is 0 Å². The van der Waals surface area contributed by atoms with E-state index in [0.29, 0.717) is 26.2 Å². The predicted molar refractivity (Wildman–Crippen MR) is 84.1 cm³/mol. The van der Waals surface area contributed by atoms with Gasteiger partial charge in [-0.1, -0.05) is 11.6 Å². The van der Waals surface area contributed by atoms with Crippen LogP contribution in [0.1, 0.15) is 46.0 Å². The first-order valence-corrected chi connectivity index (χ1v) is 9.29. The molecular formula is C15H28N2O3S. The van der Waals surface area contributed by atoms with E-state index in [0.717, 1.165) is 32.1 Å². The first kappa shape index (κ1) is 16.9. The minimum atomic E-state index is -3.35. The summed E-state index contributed by atoms with van der Waals surface area (Å²) >= 11 is 0. The molecule has 122 valence electrons. The van der Waals surface area contributed by atoms with Gasteiger partial charge in [-0.25, -0.2) is 0 Å². The van der Waals surface area contributed by atoms with Gasteiger partial charge in [0.2, 0.25) is 0 Å². The van der Waals surface area contributed by atoms with Crippen molar-refractivity contribution in [2.24, 2.45) is 5.41 Å². The third kappa shape index (κ3) is 3.86. The number of aliphatic hydroxyl groups excluding tert-OH is 1. The molecule has 6 heteroatoms. The maximum atomic E-state index is 12.7. The zero-order valence-electron chi connectivity index (χ0n) is 13.2. The van der Waals surface area contributed by atoms with Crippen molar-refractivity contribution < 1.29 is 13.5 Å². The molecule has 1 unspecified atom stereocenters. The molecule has 2 heterocycles. The fourth-order valence-corrected chi connectivity index (χ4v) is 5.07. The number of nitrogens with zero attached hydrogens (tertiary/aromatic N) is 2. The van der Waals surface area contributed by atoms with Gasteiger partial charge in [-0.2, -0.15) is 17.0 Å². The van der Waals surface area contributed by atoms with E-state index in [-0.39, 0.29) is 12.0 Å². The fourth-order valence-electron chi connectivity index (χ4n) is 3.22. The maximum Gasteiger partial charge on any atom is 0.281 e. The third-order valence-electron chi connectivity index (χ3n) is 4.62. The van der Waals surface area contributed by atoms with Gasteiger partial charge >= 0.3 is 0 Å². The molecule has 0 aromatic rings. The number of allylic oxidation sites excluding steroid dienone is 2. The third-order valence-corrected chi connectivity index (χ3v) is 6.60. The zero-order valence-corrected chi connectivity index (χ0v) is 14.0. The second-order valence-electron chi connectivity index (χ2n) is 6.69. The van der Waals surface area contributed by atoms with Crippen LogP contribution >= 0.6 is 0 Å². The summed E-state index contributed by atoms with van der Waals surface area (Å²) < 4.78 is 28.6. The van der Waals surface area contributed by atoms with Crippen LogP contribution in [-0.4, -0.2) is 54.9 Å². The highest BCUT2D eigenvalue weighted by molar-refractivity contribution is 7.86. The molecule has 0 aliphatic carbocycles. The molecule has 2 fully saturated rings. The molecule has 0 aromatic carbocycles. The van der Waals surface area contributed by atoms with Gasteiger partial charge in [-0.15, -0.1) is 0 Å². The molecule has 5 nitrogen and oxygen atoms in total. The van der Waals surface area contributed by atoms with Crippen molar-refractivity contribution in [1.82, 2.24) is 8.61 Å². The van der Waals surface area contributed by atoms with Crippen molar-refractivity contribution in [3.8, 4) is 0 Å². The molecule has 2 aliphatic heterocycles. The highest BCUT2D eigenvalue weighted by Crippen LogP contribution is 2.36. The quantitative estimate of drug-likeness (QED) is 0.786. The Morgan fingerprint density at radius 1 is 1.14 bits per heavy atom. The molecule has 2 saturated heterocycles. The number of hydrogen-bond acceptors (Lipinski definition) is 3. The lowest BCUT2D eigenvalue weighted by molar-refractivity contribution is 0.0646. The van der Waals surface area contributed by atoms with E-state index >= 15 is 0 Å². The Bertz CT molecular complexity index is 479. The first-order chi connectivity index (χ1) is 9.89. The van der Waals surface area contributed by atoms with Gasteiger partial charge in [0.05, 0.1) is 6.61 Å². The number of aliphatic hydroxyl groups is 1. The van der Waals surface area contributed by atoms with Gasteiger partial charge < -0.3 is 5.11 Å². The summed E-state index contributed by atoms with van der Waals surface area (Å²) in [4.78, 5) is 0. The topological polar surface area (TPSA) is 60.9 Å². The summed E-state index contributed by atoms with van der Waals surface area (Å²) in [5.41, 5.74) is 0.893. The van der Waals surface area contributed by atoms with E-state index in [1.54, 1.807) is 8.61 Å². The standard InChI is InChI=1S/C15H28N2O3S/c1-14(2)6-8-15(13-18)7-5-11-17(12-15)21(19,20)16-9-3-4-10-16/h6,18H,3-5,7-13H2,1-2H3. The fraction of sp³-hybridized carbons (Fsp3) is 0.867. The SMILES string of the molecule is CC(C)=CCC1(CO)CCCN(S(=O)(=O)N2CCCC2)C1. The van der Waals surface area contributed by atoms with Crippen LogP contribution < -0.4 is 0 Å².